The predicted molar refractivity (Wildman–Crippen MR) is 116 cm³/mol. The number of hydrogen-bond acceptors (Lipinski definition) is 5. The van der Waals surface area contributed by atoms with Gasteiger partial charge in [0.15, 0.2) is 11.5 Å². The van der Waals surface area contributed by atoms with Crippen molar-refractivity contribution < 1.29 is 9.47 Å². The van der Waals surface area contributed by atoms with Gasteiger partial charge in [0.25, 0.3) is 0 Å². The smallest absolute Gasteiger partial charge is 0.231 e. The van der Waals surface area contributed by atoms with Gasteiger partial charge >= 0.3 is 0 Å². The molecule has 2 aliphatic rings. The molecule has 2 aliphatic heterocycles. The summed E-state index contributed by atoms with van der Waals surface area (Å²) in [4.78, 5) is 9.96. The molecule has 1 aromatic heterocycles. The van der Waals surface area contributed by atoms with Crippen LogP contribution in [-0.4, -0.2) is 54.3 Å². The SMILES string of the molecule is C[C@@H]1CN(Cc2cc3cc4c(cc3nc2-c2ccc(Cl)cc2)OCO4)CCN1C. The van der Waals surface area contributed by atoms with Gasteiger partial charge in [0, 0.05) is 54.3 Å². The highest BCUT2D eigenvalue weighted by atomic mass is 35.5. The second-order valence-corrected chi connectivity index (χ2v) is 8.40. The van der Waals surface area contributed by atoms with Crippen molar-refractivity contribution in [2.75, 3.05) is 33.5 Å². The molecule has 0 unspecified atom stereocenters. The van der Waals surface area contributed by atoms with Crippen LogP contribution in [0.25, 0.3) is 22.2 Å². The van der Waals surface area contributed by atoms with E-state index in [1.165, 1.54) is 5.56 Å². The van der Waals surface area contributed by atoms with E-state index >= 15 is 0 Å². The Labute approximate surface area is 175 Å². The van der Waals surface area contributed by atoms with Gasteiger partial charge in [-0.25, -0.2) is 4.98 Å². The van der Waals surface area contributed by atoms with Gasteiger partial charge < -0.3 is 14.4 Å². The minimum Gasteiger partial charge on any atom is -0.454 e. The van der Waals surface area contributed by atoms with E-state index in [9.17, 15) is 0 Å². The topological polar surface area (TPSA) is 37.8 Å². The maximum absolute atomic E-state index is 6.12. The number of halogens is 1. The second-order valence-electron chi connectivity index (χ2n) is 7.97. The summed E-state index contributed by atoms with van der Waals surface area (Å²) in [6, 6.07) is 14.7. The molecule has 5 nitrogen and oxygen atoms in total. The summed E-state index contributed by atoms with van der Waals surface area (Å²) in [6.45, 7) is 6.60. The highest BCUT2D eigenvalue weighted by molar-refractivity contribution is 6.30. The fourth-order valence-electron chi connectivity index (χ4n) is 4.09. The summed E-state index contributed by atoms with van der Waals surface area (Å²) in [6.07, 6.45) is 0. The van der Waals surface area contributed by atoms with Crippen LogP contribution in [0.15, 0.2) is 42.5 Å². The van der Waals surface area contributed by atoms with Crippen molar-refractivity contribution >= 4 is 22.5 Å². The number of aromatic nitrogens is 1. The van der Waals surface area contributed by atoms with E-state index in [4.69, 9.17) is 26.1 Å². The normalized spacial score (nSPS) is 19.8. The van der Waals surface area contributed by atoms with Gasteiger partial charge in [-0.1, -0.05) is 23.7 Å². The highest BCUT2D eigenvalue weighted by Gasteiger charge is 2.23. The molecule has 5 rings (SSSR count). The number of rotatable bonds is 3. The van der Waals surface area contributed by atoms with Crippen molar-refractivity contribution in [3.63, 3.8) is 0 Å². The van der Waals surface area contributed by atoms with E-state index in [0.717, 1.165) is 64.9 Å². The zero-order valence-electron chi connectivity index (χ0n) is 16.7. The monoisotopic (exact) mass is 409 g/mol. The molecule has 0 spiro atoms. The molecule has 6 heteroatoms. The van der Waals surface area contributed by atoms with Crippen LogP contribution < -0.4 is 9.47 Å². The molecule has 0 amide bonds. The Morgan fingerprint density at radius 1 is 1.07 bits per heavy atom. The summed E-state index contributed by atoms with van der Waals surface area (Å²) >= 11 is 6.12. The van der Waals surface area contributed by atoms with Gasteiger partial charge in [-0.05, 0) is 43.8 Å². The Kier molecular flexibility index (Phi) is 4.82. The lowest BCUT2D eigenvalue weighted by Crippen LogP contribution is -2.49. The van der Waals surface area contributed by atoms with Crippen LogP contribution in [-0.2, 0) is 6.54 Å². The van der Waals surface area contributed by atoms with Gasteiger partial charge in [0.2, 0.25) is 6.79 Å². The highest BCUT2D eigenvalue weighted by Crippen LogP contribution is 2.37. The minimum atomic E-state index is 0.266. The van der Waals surface area contributed by atoms with Gasteiger partial charge in [0.1, 0.15) is 0 Å². The number of nitrogens with zero attached hydrogens (tertiary/aromatic N) is 3. The van der Waals surface area contributed by atoms with Gasteiger partial charge in [-0.3, -0.25) is 4.90 Å². The molecule has 150 valence electrons. The van der Waals surface area contributed by atoms with Crippen molar-refractivity contribution in [3.8, 4) is 22.8 Å². The molecule has 3 heterocycles. The zero-order chi connectivity index (χ0) is 20.0. The van der Waals surface area contributed by atoms with Crippen LogP contribution in [0.4, 0.5) is 0 Å². The third-order valence-electron chi connectivity index (χ3n) is 5.94. The summed E-state index contributed by atoms with van der Waals surface area (Å²) in [7, 11) is 2.20. The van der Waals surface area contributed by atoms with Gasteiger partial charge in [-0.2, -0.15) is 0 Å². The maximum Gasteiger partial charge on any atom is 0.231 e. The first-order valence-electron chi connectivity index (χ1n) is 9.98. The van der Waals surface area contributed by atoms with Crippen LogP contribution in [0.3, 0.4) is 0 Å². The first kappa shape index (κ1) is 18.7. The summed E-state index contributed by atoms with van der Waals surface area (Å²) < 4.78 is 11.1. The molecule has 0 radical (unpaired) electrons. The van der Waals surface area contributed by atoms with E-state index in [0.29, 0.717) is 6.04 Å². The Bertz CT molecular complexity index is 1050. The molecular formula is C23H24ClN3O2. The molecule has 29 heavy (non-hydrogen) atoms. The molecule has 3 aromatic rings. The standard InChI is InChI=1S/C23H24ClN3O2/c1-15-12-27(8-7-26(15)2)13-18-9-17-10-21-22(29-14-28-21)11-20(17)25-23(18)16-3-5-19(24)6-4-16/h3-6,9-11,15H,7-8,12-14H2,1-2H3/t15-/m1/s1. The molecule has 1 fully saturated rings. The fraction of sp³-hybridized carbons (Fsp3) is 0.348. The Morgan fingerprint density at radius 2 is 1.83 bits per heavy atom. The van der Waals surface area contributed by atoms with E-state index in [1.54, 1.807) is 0 Å². The number of hydrogen-bond donors (Lipinski definition) is 0. The maximum atomic E-state index is 6.12. The Morgan fingerprint density at radius 3 is 2.59 bits per heavy atom. The van der Waals surface area contributed by atoms with E-state index in [2.05, 4.69) is 29.8 Å². The number of piperazine rings is 1. The van der Waals surface area contributed by atoms with E-state index < -0.39 is 0 Å². The van der Waals surface area contributed by atoms with Crippen molar-refractivity contribution in [1.29, 1.82) is 0 Å². The molecular weight excluding hydrogens is 386 g/mol. The van der Waals surface area contributed by atoms with Crippen LogP contribution in [0, 0.1) is 0 Å². The van der Waals surface area contributed by atoms with Crippen LogP contribution >= 0.6 is 11.6 Å². The van der Waals surface area contributed by atoms with Crippen molar-refractivity contribution in [2.24, 2.45) is 0 Å². The fourth-order valence-corrected chi connectivity index (χ4v) is 4.22. The third kappa shape index (κ3) is 3.66. The average molecular weight is 410 g/mol. The van der Waals surface area contributed by atoms with Crippen LogP contribution in [0.2, 0.25) is 5.02 Å². The lowest BCUT2D eigenvalue weighted by Gasteiger charge is -2.37. The number of fused-ring (bicyclic) bond motifs is 2. The molecule has 0 bridgehead atoms. The van der Waals surface area contributed by atoms with Crippen molar-refractivity contribution in [1.82, 2.24) is 14.8 Å². The van der Waals surface area contributed by atoms with Crippen molar-refractivity contribution in [2.45, 2.75) is 19.5 Å². The lowest BCUT2D eigenvalue weighted by atomic mass is 10.0. The first-order chi connectivity index (χ1) is 14.1. The van der Waals surface area contributed by atoms with E-state index in [1.807, 2.05) is 36.4 Å². The third-order valence-corrected chi connectivity index (χ3v) is 6.20. The lowest BCUT2D eigenvalue weighted by molar-refractivity contribution is 0.100. The molecule has 0 aliphatic carbocycles. The first-order valence-corrected chi connectivity index (χ1v) is 10.4. The van der Waals surface area contributed by atoms with Crippen LogP contribution in [0.1, 0.15) is 12.5 Å². The van der Waals surface area contributed by atoms with Crippen LogP contribution in [0.5, 0.6) is 11.5 Å². The molecule has 2 aromatic carbocycles. The number of pyridine rings is 1. The molecule has 1 atom stereocenters. The zero-order valence-corrected chi connectivity index (χ0v) is 17.4. The summed E-state index contributed by atoms with van der Waals surface area (Å²) in [5.41, 5.74) is 4.20. The molecule has 0 N–H and O–H groups in total. The Hall–Kier alpha value is -2.34. The predicted octanol–water partition coefficient (Wildman–Crippen LogP) is 4.42. The molecule has 1 saturated heterocycles. The second kappa shape index (κ2) is 7.48. The number of likely N-dealkylation sites (N-methyl/N-ethyl adjacent to an activating group) is 1. The summed E-state index contributed by atoms with van der Waals surface area (Å²) in [5, 5.41) is 1.80. The number of benzene rings is 2. The van der Waals surface area contributed by atoms with Gasteiger partial charge in [0.05, 0.1) is 11.2 Å². The average Bonchev–Trinajstić information content (AvgIpc) is 3.16. The largest absolute Gasteiger partial charge is 0.454 e. The van der Waals surface area contributed by atoms with E-state index in [-0.39, 0.29) is 6.79 Å². The number of ether oxygens (including phenoxy) is 2. The summed E-state index contributed by atoms with van der Waals surface area (Å²) in [5.74, 6) is 1.55. The van der Waals surface area contributed by atoms with Crippen molar-refractivity contribution in [3.05, 3.63) is 53.1 Å². The minimum absolute atomic E-state index is 0.266. The van der Waals surface area contributed by atoms with Gasteiger partial charge in [-0.15, -0.1) is 0 Å². The molecule has 0 saturated carbocycles. The Balaban J connectivity index is 1.58. The quantitative estimate of drug-likeness (QED) is 0.640.